The number of hydrogen-bond donors (Lipinski definition) is 0. The molecule has 0 radical (unpaired) electrons. The van der Waals surface area contributed by atoms with Crippen molar-refractivity contribution in [3.05, 3.63) is 71.7 Å². The number of rotatable bonds is 7. The number of para-hydroxylation sites is 1. The first-order valence-electron chi connectivity index (χ1n) is 11.3. The van der Waals surface area contributed by atoms with Crippen LogP contribution in [0, 0.1) is 0 Å². The second-order valence-electron chi connectivity index (χ2n) is 8.13. The van der Waals surface area contributed by atoms with Crippen LogP contribution in [0.2, 0.25) is 0 Å². The van der Waals surface area contributed by atoms with E-state index in [1.165, 1.54) is 0 Å². The molecule has 0 spiro atoms. The van der Waals surface area contributed by atoms with Crippen LogP contribution in [0.3, 0.4) is 0 Å². The summed E-state index contributed by atoms with van der Waals surface area (Å²) in [4.78, 5) is 26.2. The molecule has 2 aromatic carbocycles. The van der Waals surface area contributed by atoms with E-state index in [9.17, 15) is 4.79 Å². The fraction of sp³-hybridized carbons (Fsp3) is 0.346. The number of ether oxygens (including phenoxy) is 2. The van der Waals surface area contributed by atoms with E-state index in [1.807, 2.05) is 49.4 Å². The number of benzene rings is 2. The summed E-state index contributed by atoms with van der Waals surface area (Å²) in [6.07, 6.45) is 2.15. The highest BCUT2D eigenvalue weighted by atomic mass is 16.5. The van der Waals surface area contributed by atoms with Gasteiger partial charge >= 0.3 is 5.97 Å². The number of methoxy groups -OCH3 is 1. The highest BCUT2D eigenvalue weighted by Gasteiger charge is 2.21. The van der Waals surface area contributed by atoms with Crippen molar-refractivity contribution in [1.29, 1.82) is 0 Å². The number of piperazine rings is 1. The molecule has 1 aromatic heterocycles. The van der Waals surface area contributed by atoms with Gasteiger partial charge in [-0.25, -0.2) is 14.8 Å². The lowest BCUT2D eigenvalue weighted by atomic mass is 10.0. The lowest BCUT2D eigenvalue weighted by Gasteiger charge is -2.35. The minimum absolute atomic E-state index is 0.286. The fourth-order valence-corrected chi connectivity index (χ4v) is 4.10. The van der Waals surface area contributed by atoms with Gasteiger partial charge in [-0.3, -0.25) is 0 Å². The molecule has 0 amide bonds. The summed E-state index contributed by atoms with van der Waals surface area (Å²) in [5, 5.41) is 0. The van der Waals surface area contributed by atoms with E-state index in [1.54, 1.807) is 13.4 Å². The molecular formula is C26H30N4O3. The molecule has 0 bridgehead atoms. The fourth-order valence-electron chi connectivity index (χ4n) is 4.10. The van der Waals surface area contributed by atoms with Crippen molar-refractivity contribution in [2.45, 2.75) is 13.3 Å². The predicted octanol–water partition coefficient (Wildman–Crippen LogP) is 3.67. The Morgan fingerprint density at radius 2 is 1.82 bits per heavy atom. The van der Waals surface area contributed by atoms with Gasteiger partial charge in [-0.2, -0.15) is 0 Å². The monoisotopic (exact) mass is 446 g/mol. The molecule has 0 unspecified atom stereocenters. The first kappa shape index (κ1) is 22.7. The molecule has 0 aliphatic carbocycles. The Bertz CT molecular complexity index is 1110. The SMILES string of the molecule is CCOC(=O)c1cc(Cc2cc(-c3ccccc3OC)ncn2)ccc1N1CCN(C)CC1. The minimum Gasteiger partial charge on any atom is -0.496 e. The van der Waals surface area contributed by atoms with Crippen molar-refractivity contribution < 1.29 is 14.3 Å². The number of anilines is 1. The Kier molecular flexibility index (Phi) is 7.19. The van der Waals surface area contributed by atoms with E-state index in [2.05, 4.69) is 32.9 Å². The Balaban J connectivity index is 1.62. The van der Waals surface area contributed by atoms with Crippen LogP contribution in [0.25, 0.3) is 11.3 Å². The zero-order valence-corrected chi connectivity index (χ0v) is 19.5. The van der Waals surface area contributed by atoms with Gasteiger partial charge in [-0.15, -0.1) is 0 Å². The summed E-state index contributed by atoms with van der Waals surface area (Å²) in [5.74, 6) is 0.481. The number of esters is 1. The summed E-state index contributed by atoms with van der Waals surface area (Å²) in [6.45, 7) is 5.89. The number of carbonyl (C=O) groups excluding carboxylic acids is 1. The highest BCUT2D eigenvalue weighted by Crippen LogP contribution is 2.29. The number of aromatic nitrogens is 2. The predicted molar refractivity (Wildman–Crippen MR) is 129 cm³/mol. The van der Waals surface area contributed by atoms with E-state index in [0.29, 0.717) is 18.6 Å². The van der Waals surface area contributed by atoms with Crippen LogP contribution in [0.4, 0.5) is 5.69 Å². The maximum atomic E-state index is 12.8. The molecule has 172 valence electrons. The van der Waals surface area contributed by atoms with Crippen molar-refractivity contribution in [3.8, 4) is 17.0 Å². The van der Waals surface area contributed by atoms with Crippen LogP contribution in [-0.4, -0.2) is 67.8 Å². The molecule has 33 heavy (non-hydrogen) atoms. The van der Waals surface area contributed by atoms with Gasteiger partial charge in [0.1, 0.15) is 12.1 Å². The van der Waals surface area contributed by atoms with Gasteiger partial charge in [0.15, 0.2) is 0 Å². The molecule has 0 saturated carbocycles. The van der Waals surface area contributed by atoms with E-state index < -0.39 is 0 Å². The minimum atomic E-state index is -0.286. The highest BCUT2D eigenvalue weighted by molar-refractivity contribution is 5.96. The molecule has 7 nitrogen and oxygen atoms in total. The summed E-state index contributed by atoms with van der Waals surface area (Å²) in [5.41, 5.74) is 5.13. The first-order chi connectivity index (χ1) is 16.1. The van der Waals surface area contributed by atoms with Gasteiger partial charge in [0.2, 0.25) is 0 Å². The van der Waals surface area contributed by atoms with Gasteiger partial charge in [-0.1, -0.05) is 18.2 Å². The smallest absolute Gasteiger partial charge is 0.340 e. The molecule has 1 aliphatic rings. The Morgan fingerprint density at radius 3 is 2.58 bits per heavy atom. The zero-order chi connectivity index (χ0) is 23.2. The maximum Gasteiger partial charge on any atom is 0.340 e. The Morgan fingerprint density at radius 1 is 1.03 bits per heavy atom. The van der Waals surface area contributed by atoms with Gasteiger partial charge in [0.05, 0.1) is 30.7 Å². The average molecular weight is 447 g/mol. The summed E-state index contributed by atoms with van der Waals surface area (Å²) in [6, 6.07) is 15.8. The van der Waals surface area contributed by atoms with Crippen LogP contribution in [0.5, 0.6) is 5.75 Å². The topological polar surface area (TPSA) is 67.8 Å². The molecule has 1 saturated heterocycles. The molecular weight excluding hydrogens is 416 g/mol. The lowest BCUT2D eigenvalue weighted by molar-refractivity contribution is 0.0527. The molecule has 1 aliphatic heterocycles. The largest absolute Gasteiger partial charge is 0.496 e. The van der Waals surface area contributed by atoms with E-state index >= 15 is 0 Å². The second kappa shape index (κ2) is 10.4. The number of carbonyl (C=O) groups is 1. The first-order valence-corrected chi connectivity index (χ1v) is 11.3. The second-order valence-corrected chi connectivity index (χ2v) is 8.13. The van der Waals surface area contributed by atoms with Crippen LogP contribution in [0.1, 0.15) is 28.5 Å². The van der Waals surface area contributed by atoms with E-state index in [4.69, 9.17) is 9.47 Å². The van der Waals surface area contributed by atoms with Gasteiger partial charge in [-0.05, 0) is 49.9 Å². The lowest BCUT2D eigenvalue weighted by Crippen LogP contribution is -2.45. The molecule has 3 aromatic rings. The van der Waals surface area contributed by atoms with Gasteiger partial charge < -0.3 is 19.3 Å². The summed E-state index contributed by atoms with van der Waals surface area (Å²) in [7, 11) is 3.77. The van der Waals surface area contributed by atoms with Crippen molar-refractivity contribution in [2.75, 3.05) is 51.8 Å². The summed E-state index contributed by atoms with van der Waals surface area (Å²) >= 11 is 0. The van der Waals surface area contributed by atoms with Gasteiger partial charge in [0, 0.05) is 43.9 Å². The average Bonchev–Trinajstić information content (AvgIpc) is 2.85. The molecule has 2 heterocycles. The van der Waals surface area contributed by atoms with E-state index in [0.717, 1.165) is 60.1 Å². The molecule has 4 rings (SSSR count). The molecule has 7 heteroatoms. The number of likely N-dealkylation sites (N-methyl/N-ethyl adjacent to an activating group) is 1. The third-order valence-corrected chi connectivity index (χ3v) is 5.89. The standard InChI is InChI=1S/C26H30N4O3/c1-4-33-26(31)22-16-19(9-10-24(22)30-13-11-29(2)12-14-30)15-20-17-23(28-18-27-20)21-7-5-6-8-25(21)32-3/h5-10,16-18H,4,11-15H2,1-3H3. The van der Waals surface area contributed by atoms with Crippen molar-refractivity contribution in [2.24, 2.45) is 0 Å². The normalized spacial score (nSPS) is 14.2. The van der Waals surface area contributed by atoms with Gasteiger partial charge in [0.25, 0.3) is 0 Å². The maximum absolute atomic E-state index is 12.8. The van der Waals surface area contributed by atoms with Crippen LogP contribution in [-0.2, 0) is 11.2 Å². The van der Waals surface area contributed by atoms with Crippen LogP contribution in [0.15, 0.2) is 54.9 Å². The van der Waals surface area contributed by atoms with Crippen LogP contribution >= 0.6 is 0 Å². The van der Waals surface area contributed by atoms with Crippen LogP contribution < -0.4 is 9.64 Å². The molecule has 0 atom stereocenters. The van der Waals surface area contributed by atoms with Crippen molar-refractivity contribution in [1.82, 2.24) is 14.9 Å². The third-order valence-electron chi connectivity index (χ3n) is 5.89. The Labute approximate surface area is 195 Å². The van der Waals surface area contributed by atoms with Crippen molar-refractivity contribution >= 4 is 11.7 Å². The molecule has 1 fully saturated rings. The third kappa shape index (κ3) is 5.31. The zero-order valence-electron chi connectivity index (χ0n) is 19.5. The number of hydrogen-bond acceptors (Lipinski definition) is 7. The van der Waals surface area contributed by atoms with E-state index in [-0.39, 0.29) is 5.97 Å². The molecule has 0 N–H and O–H groups in total. The quantitative estimate of drug-likeness (QED) is 0.513. The number of nitrogens with zero attached hydrogens (tertiary/aromatic N) is 4. The van der Waals surface area contributed by atoms with Crippen molar-refractivity contribution in [3.63, 3.8) is 0 Å². The Hall–Kier alpha value is -3.45. The summed E-state index contributed by atoms with van der Waals surface area (Å²) < 4.78 is 10.9.